The van der Waals surface area contributed by atoms with E-state index in [1.54, 1.807) is 11.7 Å². The molecule has 1 aliphatic heterocycles. The fourth-order valence-corrected chi connectivity index (χ4v) is 4.16. The number of pyridine rings is 1. The number of rotatable bonds is 4. The maximum Gasteiger partial charge on any atom is 0.278 e. The summed E-state index contributed by atoms with van der Waals surface area (Å²) in [7, 11) is 2.19. The van der Waals surface area contributed by atoms with Crippen molar-refractivity contribution in [2.24, 2.45) is 0 Å². The molecule has 120 valence electrons. The predicted octanol–water partition coefficient (Wildman–Crippen LogP) is 0.268. The third-order valence-electron chi connectivity index (χ3n) is 3.44. The molecular weight excluding hydrogens is 307 g/mol. The summed E-state index contributed by atoms with van der Waals surface area (Å²) in [4.78, 5) is 36.4. The Morgan fingerprint density at radius 1 is 1.41 bits per heavy atom. The summed E-state index contributed by atoms with van der Waals surface area (Å²) in [5.74, 6) is -1.66. The SMILES string of the molecule is CCCN1C(=O)c2c(O)c(=O)c(C(=O)NC)cn2CP1NC. The number of carbonyl (C=O) groups is 2. The number of nitrogens with zero attached hydrogens (tertiary/aromatic N) is 2. The van der Waals surface area contributed by atoms with Crippen molar-refractivity contribution < 1.29 is 14.7 Å². The standard InChI is InChI=1S/C13H19N4O4P/c1-4-5-17-13(21)9-11(19)10(18)8(12(20)14-2)6-16(9)7-22(17)15-3/h6,15,19H,4-5,7H2,1-3H3,(H,14,20). The number of hydrogen-bond donors (Lipinski definition) is 3. The van der Waals surface area contributed by atoms with Gasteiger partial charge in [0, 0.05) is 19.8 Å². The quantitative estimate of drug-likeness (QED) is 0.689. The Morgan fingerprint density at radius 3 is 2.64 bits per heavy atom. The minimum atomic E-state index is -0.971. The Bertz CT molecular complexity index is 673. The van der Waals surface area contributed by atoms with Crippen LogP contribution in [0.4, 0.5) is 0 Å². The summed E-state index contributed by atoms with van der Waals surface area (Å²) >= 11 is 0. The lowest BCUT2D eigenvalue weighted by Crippen LogP contribution is -2.40. The van der Waals surface area contributed by atoms with Crippen molar-refractivity contribution in [1.29, 1.82) is 0 Å². The van der Waals surface area contributed by atoms with Crippen LogP contribution in [0.2, 0.25) is 0 Å². The molecule has 0 spiro atoms. The smallest absolute Gasteiger partial charge is 0.278 e. The van der Waals surface area contributed by atoms with Crippen LogP contribution in [0.5, 0.6) is 5.75 Å². The molecule has 0 bridgehead atoms. The fraction of sp³-hybridized carbons (Fsp3) is 0.462. The molecule has 1 atom stereocenters. The van der Waals surface area contributed by atoms with Crippen molar-refractivity contribution >= 4 is 20.0 Å². The molecule has 0 saturated heterocycles. The highest BCUT2D eigenvalue weighted by atomic mass is 31.1. The van der Waals surface area contributed by atoms with E-state index in [9.17, 15) is 19.5 Å². The van der Waals surface area contributed by atoms with Crippen LogP contribution in [0.1, 0.15) is 34.2 Å². The normalized spacial score (nSPS) is 17.3. The van der Waals surface area contributed by atoms with Crippen LogP contribution in [0.15, 0.2) is 11.0 Å². The molecule has 2 rings (SSSR count). The summed E-state index contributed by atoms with van der Waals surface area (Å²) in [5, 5.41) is 15.6. The lowest BCUT2D eigenvalue weighted by Gasteiger charge is -2.37. The Hall–Kier alpha value is -1.92. The van der Waals surface area contributed by atoms with Gasteiger partial charge in [0.05, 0.1) is 14.5 Å². The van der Waals surface area contributed by atoms with Gasteiger partial charge in [0.1, 0.15) is 5.56 Å². The first-order valence-electron chi connectivity index (χ1n) is 6.91. The predicted molar refractivity (Wildman–Crippen MR) is 83.1 cm³/mol. The van der Waals surface area contributed by atoms with E-state index < -0.39 is 31.2 Å². The monoisotopic (exact) mass is 326 g/mol. The molecule has 0 aromatic carbocycles. The topological polar surface area (TPSA) is 104 Å². The lowest BCUT2D eigenvalue weighted by molar-refractivity contribution is 0.0837. The first-order valence-corrected chi connectivity index (χ1v) is 8.39. The number of nitrogens with one attached hydrogen (secondary N) is 2. The van der Waals surface area contributed by atoms with E-state index in [1.807, 2.05) is 6.92 Å². The van der Waals surface area contributed by atoms with Crippen molar-refractivity contribution in [3.05, 3.63) is 27.7 Å². The highest BCUT2D eigenvalue weighted by molar-refractivity contribution is 7.52. The van der Waals surface area contributed by atoms with Crippen LogP contribution in [0.3, 0.4) is 0 Å². The van der Waals surface area contributed by atoms with E-state index in [4.69, 9.17) is 0 Å². The number of fused-ring (bicyclic) bond motifs is 1. The van der Waals surface area contributed by atoms with Crippen molar-refractivity contribution in [1.82, 2.24) is 19.6 Å². The Morgan fingerprint density at radius 2 is 2.09 bits per heavy atom. The van der Waals surface area contributed by atoms with Crippen molar-refractivity contribution in [3.8, 4) is 5.75 Å². The van der Waals surface area contributed by atoms with E-state index in [0.29, 0.717) is 12.8 Å². The lowest BCUT2D eigenvalue weighted by atomic mass is 10.2. The van der Waals surface area contributed by atoms with Gasteiger partial charge in [-0.2, -0.15) is 0 Å². The second-order valence-electron chi connectivity index (χ2n) is 4.81. The molecule has 0 fully saturated rings. The highest BCUT2D eigenvalue weighted by Crippen LogP contribution is 2.43. The van der Waals surface area contributed by atoms with E-state index in [1.165, 1.54) is 17.8 Å². The van der Waals surface area contributed by atoms with E-state index in [-0.39, 0.29) is 11.3 Å². The van der Waals surface area contributed by atoms with Gasteiger partial charge in [0.25, 0.3) is 11.8 Å². The molecule has 22 heavy (non-hydrogen) atoms. The summed E-state index contributed by atoms with van der Waals surface area (Å²) in [6.07, 6.45) is 2.52. The number of aromatic nitrogens is 1. The molecular formula is C13H19N4O4P. The zero-order valence-electron chi connectivity index (χ0n) is 12.7. The number of hydrogen-bond acceptors (Lipinski definition) is 5. The van der Waals surface area contributed by atoms with E-state index in [2.05, 4.69) is 10.4 Å². The van der Waals surface area contributed by atoms with Gasteiger partial charge in [0.2, 0.25) is 5.43 Å². The fourth-order valence-electron chi connectivity index (χ4n) is 2.36. The Balaban J connectivity index is 2.60. The zero-order valence-corrected chi connectivity index (χ0v) is 13.6. The molecule has 2 amide bonds. The molecule has 1 unspecified atom stereocenters. The number of amides is 2. The molecule has 0 radical (unpaired) electrons. The van der Waals surface area contributed by atoms with Crippen molar-refractivity contribution in [2.45, 2.75) is 19.6 Å². The summed E-state index contributed by atoms with van der Waals surface area (Å²) in [5.41, 5.74) is -1.06. The molecule has 1 aromatic heterocycles. The van der Waals surface area contributed by atoms with Crippen LogP contribution in [-0.4, -0.2) is 46.8 Å². The Kier molecular flexibility index (Phi) is 4.83. The van der Waals surface area contributed by atoms with Crippen molar-refractivity contribution in [2.75, 3.05) is 20.6 Å². The molecule has 2 heterocycles. The average molecular weight is 326 g/mol. The van der Waals surface area contributed by atoms with Gasteiger partial charge in [0.15, 0.2) is 11.4 Å². The van der Waals surface area contributed by atoms with Gasteiger partial charge in [-0.25, -0.2) is 0 Å². The summed E-state index contributed by atoms with van der Waals surface area (Å²) < 4.78 is 3.13. The first-order chi connectivity index (χ1) is 10.5. The molecule has 8 nitrogen and oxygen atoms in total. The van der Waals surface area contributed by atoms with Gasteiger partial charge in [-0.1, -0.05) is 6.92 Å². The molecule has 0 saturated carbocycles. The van der Waals surface area contributed by atoms with Crippen LogP contribution >= 0.6 is 8.22 Å². The van der Waals surface area contributed by atoms with Crippen LogP contribution in [-0.2, 0) is 6.29 Å². The maximum absolute atomic E-state index is 12.6. The zero-order chi connectivity index (χ0) is 16.4. The molecule has 1 aliphatic rings. The molecule has 3 N–H and O–H groups in total. The summed E-state index contributed by atoms with van der Waals surface area (Å²) in [6.45, 7) is 2.49. The summed E-state index contributed by atoms with van der Waals surface area (Å²) in [6, 6.07) is 0. The van der Waals surface area contributed by atoms with E-state index in [0.717, 1.165) is 6.42 Å². The van der Waals surface area contributed by atoms with Gasteiger partial charge in [-0.3, -0.25) is 19.5 Å². The van der Waals surface area contributed by atoms with Gasteiger partial charge in [-0.05, 0) is 13.5 Å². The van der Waals surface area contributed by atoms with Crippen LogP contribution < -0.4 is 15.8 Å². The second-order valence-corrected chi connectivity index (χ2v) is 6.82. The second kappa shape index (κ2) is 6.46. The van der Waals surface area contributed by atoms with Crippen LogP contribution in [0, 0.1) is 0 Å². The third-order valence-corrected chi connectivity index (χ3v) is 5.49. The minimum absolute atomic E-state index is 0.0555. The minimum Gasteiger partial charge on any atom is -0.503 e. The van der Waals surface area contributed by atoms with Crippen LogP contribution in [0.25, 0.3) is 0 Å². The van der Waals surface area contributed by atoms with Gasteiger partial charge >= 0.3 is 0 Å². The largest absolute Gasteiger partial charge is 0.503 e. The number of carbonyl (C=O) groups excluding carboxylic acids is 2. The molecule has 1 aromatic rings. The third kappa shape index (κ3) is 2.60. The first kappa shape index (κ1) is 16.5. The van der Waals surface area contributed by atoms with Crippen molar-refractivity contribution in [3.63, 3.8) is 0 Å². The molecule has 0 aliphatic carbocycles. The highest BCUT2D eigenvalue weighted by Gasteiger charge is 2.35. The van der Waals surface area contributed by atoms with Gasteiger partial charge < -0.3 is 19.7 Å². The van der Waals surface area contributed by atoms with Gasteiger partial charge in [-0.15, -0.1) is 0 Å². The molecule has 9 heteroatoms. The van der Waals surface area contributed by atoms with E-state index >= 15 is 0 Å². The average Bonchev–Trinajstić information content (AvgIpc) is 2.52. The maximum atomic E-state index is 12.6. The Labute approximate surface area is 129 Å². The number of aromatic hydroxyl groups is 1.